The van der Waals surface area contributed by atoms with Crippen LogP contribution in [0.3, 0.4) is 0 Å². The van der Waals surface area contributed by atoms with Crippen LogP contribution in [0.1, 0.15) is 37.1 Å². The van der Waals surface area contributed by atoms with Crippen LogP contribution >= 0.6 is 0 Å². The summed E-state index contributed by atoms with van der Waals surface area (Å²) >= 11 is 0. The lowest BCUT2D eigenvalue weighted by Gasteiger charge is -2.26. The van der Waals surface area contributed by atoms with Gasteiger partial charge in [0.05, 0.1) is 12.4 Å². The Morgan fingerprint density at radius 1 is 0.745 bits per heavy atom. The van der Waals surface area contributed by atoms with Gasteiger partial charge in [-0.3, -0.25) is 14.4 Å². The summed E-state index contributed by atoms with van der Waals surface area (Å²) in [6.07, 6.45) is 7.12. The molecule has 0 saturated heterocycles. The highest BCUT2D eigenvalue weighted by atomic mass is 16.4. The average molecular weight is 641 g/mol. The number of H-pyrrole nitrogens is 3. The van der Waals surface area contributed by atoms with Gasteiger partial charge in [-0.1, -0.05) is 50.2 Å². The number of carbonyl (C=O) groups is 4. The number of para-hydroxylation sites is 2. The van der Waals surface area contributed by atoms with E-state index in [9.17, 15) is 24.3 Å². The van der Waals surface area contributed by atoms with E-state index >= 15 is 0 Å². The zero-order chi connectivity index (χ0) is 33.5. The number of aromatic nitrogens is 4. The Kier molecular flexibility index (Phi) is 10.4. The van der Waals surface area contributed by atoms with Crippen molar-refractivity contribution >= 4 is 45.5 Å². The smallest absolute Gasteiger partial charge is 0.326 e. The van der Waals surface area contributed by atoms with Gasteiger partial charge < -0.3 is 41.7 Å². The molecule has 3 aromatic heterocycles. The molecular weight excluding hydrogens is 600 g/mol. The van der Waals surface area contributed by atoms with Gasteiger partial charge in [0.2, 0.25) is 17.7 Å². The minimum absolute atomic E-state index is 0.0202. The Hall–Kier alpha value is -5.43. The Labute approximate surface area is 271 Å². The fraction of sp³-hybridized carbons (Fsp3) is 0.324. The molecule has 0 aliphatic heterocycles. The summed E-state index contributed by atoms with van der Waals surface area (Å²) in [4.78, 5) is 66.1. The van der Waals surface area contributed by atoms with E-state index in [1.165, 1.54) is 6.33 Å². The van der Waals surface area contributed by atoms with Crippen LogP contribution in [0.4, 0.5) is 0 Å². The molecule has 3 heterocycles. The first kappa shape index (κ1) is 32.9. The van der Waals surface area contributed by atoms with Crippen molar-refractivity contribution in [3.8, 4) is 0 Å². The van der Waals surface area contributed by atoms with Crippen molar-refractivity contribution in [3.05, 3.63) is 90.3 Å². The van der Waals surface area contributed by atoms with Crippen molar-refractivity contribution < 1.29 is 24.3 Å². The number of hydrogen-bond donors (Lipinski definition) is 8. The largest absolute Gasteiger partial charge is 0.480 e. The van der Waals surface area contributed by atoms with Crippen molar-refractivity contribution in [1.82, 2.24) is 35.9 Å². The average Bonchev–Trinajstić information content (AvgIpc) is 3.81. The fourth-order valence-corrected chi connectivity index (χ4v) is 5.70. The Balaban J connectivity index is 1.29. The molecule has 0 bridgehead atoms. The number of nitrogens with one attached hydrogen (secondary N) is 6. The van der Waals surface area contributed by atoms with E-state index in [4.69, 9.17) is 5.73 Å². The maximum Gasteiger partial charge on any atom is 0.326 e. The molecule has 0 aliphatic carbocycles. The SMILES string of the molecule is CC(C)CC(NC(=O)C(Cc1cnc[nH]1)NC(=O)C(N)Cc1c[nH]c2ccccc12)C(=O)NC(Cc1c[nH]c2ccccc12)C(=O)O. The molecule has 4 atom stereocenters. The second-order valence-corrected chi connectivity index (χ2v) is 12.2. The summed E-state index contributed by atoms with van der Waals surface area (Å²) in [6, 6.07) is 10.8. The normalized spacial score (nSPS) is 14.0. The molecule has 3 amide bonds. The summed E-state index contributed by atoms with van der Waals surface area (Å²) in [7, 11) is 0. The summed E-state index contributed by atoms with van der Waals surface area (Å²) in [5, 5.41) is 19.9. The number of carboxylic acid groups (broad SMARTS) is 1. The Bertz CT molecular complexity index is 1840. The lowest BCUT2D eigenvalue weighted by molar-refractivity contribution is -0.142. The van der Waals surface area contributed by atoms with E-state index in [1.54, 1.807) is 12.4 Å². The number of imidazole rings is 1. The van der Waals surface area contributed by atoms with Gasteiger partial charge in [-0.05, 0) is 42.0 Å². The summed E-state index contributed by atoms with van der Waals surface area (Å²) in [5.74, 6) is -3.01. The minimum Gasteiger partial charge on any atom is -0.480 e. The number of rotatable bonds is 15. The van der Waals surface area contributed by atoms with Gasteiger partial charge in [-0.2, -0.15) is 0 Å². The molecule has 5 rings (SSSR count). The lowest BCUT2D eigenvalue weighted by Crippen LogP contribution is -2.58. The maximum absolute atomic E-state index is 13.7. The molecule has 5 aromatic rings. The quantitative estimate of drug-likeness (QED) is 0.0855. The van der Waals surface area contributed by atoms with Crippen molar-refractivity contribution in [1.29, 1.82) is 0 Å². The van der Waals surface area contributed by atoms with Crippen LogP contribution in [0, 0.1) is 5.92 Å². The second-order valence-electron chi connectivity index (χ2n) is 12.2. The van der Waals surface area contributed by atoms with E-state index in [0.29, 0.717) is 5.69 Å². The van der Waals surface area contributed by atoms with Crippen LogP contribution < -0.4 is 21.7 Å². The highest BCUT2D eigenvalue weighted by Gasteiger charge is 2.31. The molecule has 0 spiro atoms. The molecule has 0 saturated carbocycles. The monoisotopic (exact) mass is 640 g/mol. The van der Waals surface area contributed by atoms with Crippen LogP contribution in [-0.4, -0.2) is 72.9 Å². The number of carboxylic acids is 1. The fourth-order valence-electron chi connectivity index (χ4n) is 5.70. The molecule has 47 heavy (non-hydrogen) atoms. The number of fused-ring (bicyclic) bond motifs is 2. The first-order valence-electron chi connectivity index (χ1n) is 15.6. The molecule has 0 radical (unpaired) electrons. The molecule has 4 unspecified atom stereocenters. The number of carbonyl (C=O) groups excluding carboxylic acids is 3. The van der Waals surface area contributed by atoms with Gasteiger partial charge in [0, 0.05) is 58.9 Å². The number of aromatic amines is 3. The molecule has 9 N–H and O–H groups in total. The van der Waals surface area contributed by atoms with Crippen LogP contribution in [0.5, 0.6) is 0 Å². The third kappa shape index (κ3) is 8.24. The molecule has 2 aromatic carbocycles. The number of nitrogens with two attached hydrogens (primary N) is 1. The van der Waals surface area contributed by atoms with Crippen LogP contribution in [0.2, 0.25) is 0 Å². The Morgan fingerprint density at radius 3 is 1.87 bits per heavy atom. The van der Waals surface area contributed by atoms with Crippen molar-refractivity contribution in [3.63, 3.8) is 0 Å². The van der Waals surface area contributed by atoms with E-state index in [0.717, 1.165) is 32.9 Å². The molecule has 13 nitrogen and oxygen atoms in total. The van der Waals surface area contributed by atoms with Crippen LogP contribution in [0.25, 0.3) is 21.8 Å². The predicted molar refractivity (Wildman–Crippen MR) is 177 cm³/mol. The minimum atomic E-state index is -1.24. The van der Waals surface area contributed by atoms with Crippen LogP contribution in [-0.2, 0) is 38.4 Å². The van der Waals surface area contributed by atoms with Crippen molar-refractivity contribution in [2.45, 2.75) is 63.7 Å². The van der Waals surface area contributed by atoms with E-state index in [-0.39, 0.29) is 31.6 Å². The number of aliphatic carboxylic acids is 1. The van der Waals surface area contributed by atoms with Gasteiger partial charge in [-0.15, -0.1) is 0 Å². The first-order chi connectivity index (χ1) is 22.6. The molecule has 0 fully saturated rings. The van der Waals surface area contributed by atoms with Gasteiger partial charge >= 0.3 is 5.97 Å². The lowest BCUT2D eigenvalue weighted by atomic mass is 10.00. The van der Waals surface area contributed by atoms with Gasteiger partial charge in [0.1, 0.15) is 18.1 Å². The van der Waals surface area contributed by atoms with Gasteiger partial charge in [0.15, 0.2) is 0 Å². The predicted octanol–water partition coefficient (Wildman–Crippen LogP) is 2.31. The van der Waals surface area contributed by atoms with E-state index < -0.39 is 47.9 Å². The Morgan fingerprint density at radius 2 is 1.30 bits per heavy atom. The van der Waals surface area contributed by atoms with Crippen LogP contribution in [0.15, 0.2) is 73.4 Å². The van der Waals surface area contributed by atoms with Gasteiger partial charge in [0.25, 0.3) is 0 Å². The zero-order valence-electron chi connectivity index (χ0n) is 26.2. The van der Waals surface area contributed by atoms with Crippen molar-refractivity contribution in [2.24, 2.45) is 11.7 Å². The van der Waals surface area contributed by atoms with Crippen molar-refractivity contribution in [2.75, 3.05) is 0 Å². The summed E-state index contributed by atoms with van der Waals surface area (Å²) in [6.45, 7) is 3.78. The topological polar surface area (TPSA) is 211 Å². The third-order valence-electron chi connectivity index (χ3n) is 8.12. The maximum atomic E-state index is 13.7. The second kappa shape index (κ2) is 14.8. The highest BCUT2D eigenvalue weighted by Crippen LogP contribution is 2.20. The summed E-state index contributed by atoms with van der Waals surface area (Å²) in [5.41, 5.74) is 10.3. The van der Waals surface area contributed by atoms with E-state index in [1.807, 2.05) is 68.6 Å². The highest BCUT2D eigenvalue weighted by molar-refractivity contribution is 5.95. The molecule has 246 valence electrons. The zero-order valence-corrected chi connectivity index (χ0v) is 26.2. The third-order valence-corrected chi connectivity index (χ3v) is 8.12. The summed E-state index contributed by atoms with van der Waals surface area (Å²) < 4.78 is 0. The van der Waals surface area contributed by atoms with Gasteiger partial charge in [-0.25, -0.2) is 9.78 Å². The number of hydrogen-bond acceptors (Lipinski definition) is 6. The molecular formula is C34H40N8O5. The first-order valence-corrected chi connectivity index (χ1v) is 15.6. The standard InChI is InChI=1S/C34H40N8O5/c1-19(2)11-28(32(44)42-30(34(46)47)13-21-16-38-27-10-6-4-8-24(21)27)41-33(45)29(14-22-17-36-18-39-22)40-31(43)25(35)12-20-15-37-26-9-5-3-7-23(20)26/h3-10,15-19,25,28-30,37-38H,11-14,35H2,1-2H3,(H,36,39)(H,40,43)(H,41,45)(H,42,44)(H,46,47). The number of amides is 3. The molecule has 13 heteroatoms. The molecule has 0 aliphatic rings. The van der Waals surface area contributed by atoms with E-state index in [2.05, 4.69) is 35.9 Å². The number of benzene rings is 2. The number of nitrogens with zero attached hydrogens (tertiary/aromatic N) is 1.